The first-order chi connectivity index (χ1) is 29.5. The van der Waals surface area contributed by atoms with Crippen molar-refractivity contribution in [2.45, 2.75) is 56.7 Å². The van der Waals surface area contributed by atoms with Gasteiger partial charge in [0.25, 0.3) is 17.7 Å². The fourth-order valence-electron chi connectivity index (χ4n) is 8.42. The molecule has 0 bridgehead atoms. The van der Waals surface area contributed by atoms with Crippen LogP contribution in [0.5, 0.6) is 0 Å². The van der Waals surface area contributed by atoms with Crippen LogP contribution in [-0.2, 0) is 14.4 Å². The Kier molecular flexibility index (Phi) is 10.3. The predicted octanol–water partition coefficient (Wildman–Crippen LogP) is 3.91. The molecule has 0 radical (unpaired) electrons. The fraction of sp³-hybridized carbons (Fsp3) is 0.310. The van der Waals surface area contributed by atoms with Crippen LogP contribution in [-0.4, -0.2) is 103 Å². The molecule has 0 spiro atoms. The Morgan fingerprint density at radius 2 is 1.67 bits per heavy atom. The first-order valence-electron chi connectivity index (χ1n) is 20.0. The summed E-state index contributed by atoms with van der Waals surface area (Å²) in [7, 11) is 0. The van der Waals surface area contributed by atoms with E-state index < -0.39 is 53.3 Å². The van der Waals surface area contributed by atoms with Crippen molar-refractivity contribution in [2.75, 3.05) is 47.0 Å². The number of likely N-dealkylation sites (tertiary alicyclic amines) is 1. The zero-order chi connectivity index (χ0) is 42.4. The van der Waals surface area contributed by atoms with Gasteiger partial charge in [-0.25, -0.2) is 23.3 Å². The lowest BCUT2D eigenvalue weighted by Gasteiger charge is -2.32. The number of fused-ring (bicyclic) bond motifs is 2. The molecule has 5 aromatic rings. The summed E-state index contributed by atoms with van der Waals surface area (Å²) in [4.78, 5) is 90.6. The van der Waals surface area contributed by atoms with Crippen molar-refractivity contribution in [2.24, 2.45) is 0 Å². The number of aromatic nitrogens is 4. The minimum atomic E-state index is -1.07. The predicted molar refractivity (Wildman–Crippen MR) is 216 cm³/mol. The Bertz CT molecular complexity index is 2630. The number of hydrogen-bond acceptors (Lipinski definition) is 12. The molecule has 3 fully saturated rings. The summed E-state index contributed by atoms with van der Waals surface area (Å²) < 4.78 is 30.3. The maximum atomic E-state index is 14.7. The maximum absolute atomic E-state index is 14.7. The number of pyridine rings is 1. The van der Waals surface area contributed by atoms with E-state index >= 15 is 0 Å². The van der Waals surface area contributed by atoms with Crippen LogP contribution in [0.25, 0.3) is 5.65 Å². The number of carbonyl (C=O) groups is 6. The van der Waals surface area contributed by atoms with Crippen molar-refractivity contribution in [3.8, 4) is 0 Å². The van der Waals surface area contributed by atoms with Gasteiger partial charge in [0.2, 0.25) is 17.7 Å². The molecule has 6 amide bonds. The SMILES string of the molecule is O=C1CCC(N2C(=O)c3ccc(NCC(=O)N4CCC(Nc5cccc(C(=O)Nc6cnn7ccc(N8CCCC8c8cc(F)ccc8F)nc67)n5)CC4)cc3C2=O)C(=O)N1. The number of halogens is 2. The monoisotopic (exact) mass is 831 g/mol. The third-order valence-corrected chi connectivity index (χ3v) is 11.5. The molecular weight excluding hydrogens is 793 g/mol. The minimum absolute atomic E-state index is 0.0205. The highest BCUT2D eigenvalue weighted by Gasteiger charge is 2.44. The summed E-state index contributed by atoms with van der Waals surface area (Å²) in [5, 5.41) is 15.8. The summed E-state index contributed by atoms with van der Waals surface area (Å²) in [5.41, 5.74) is 1.87. The minimum Gasteiger partial charge on any atom is -0.376 e. The van der Waals surface area contributed by atoms with Gasteiger partial charge in [0, 0.05) is 49.5 Å². The number of rotatable bonds is 10. The summed E-state index contributed by atoms with van der Waals surface area (Å²) in [6.45, 7) is 1.48. The second-order valence-electron chi connectivity index (χ2n) is 15.4. The molecule has 4 aliphatic rings. The first kappa shape index (κ1) is 39.2. The molecule has 3 saturated heterocycles. The molecule has 61 heavy (non-hydrogen) atoms. The maximum Gasteiger partial charge on any atom is 0.274 e. The second kappa shape index (κ2) is 16.0. The molecule has 2 aromatic carbocycles. The van der Waals surface area contributed by atoms with Gasteiger partial charge in [-0.15, -0.1) is 0 Å². The number of anilines is 4. The Morgan fingerprint density at radius 1 is 0.852 bits per heavy atom. The van der Waals surface area contributed by atoms with E-state index in [1.54, 1.807) is 41.4 Å². The van der Waals surface area contributed by atoms with E-state index in [1.807, 2.05) is 4.90 Å². The lowest BCUT2D eigenvalue weighted by Crippen LogP contribution is -2.54. The topological polar surface area (TPSA) is 203 Å². The molecule has 312 valence electrons. The number of benzene rings is 2. The van der Waals surface area contributed by atoms with E-state index in [1.165, 1.54) is 28.9 Å². The lowest BCUT2D eigenvalue weighted by atomic mass is 10.0. The molecule has 17 nitrogen and oxygen atoms in total. The summed E-state index contributed by atoms with van der Waals surface area (Å²) in [6.07, 6.45) is 5.91. The smallest absolute Gasteiger partial charge is 0.274 e. The first-order valence-corrected chi connectivity index (χ1v) is 20.0. The van der Waals surface area contributed by atoms with Crippen LogP contribution in [0.15, 0.2) is 73.1 Å². The zero-order valence-electron chi connectivity index (χ0n) is 32.6. The molecule has 2 atom stereocenters. The van der Waals surface area contributed by atoms with Crippen LogP contribution < -0.4 is 26.2 Å². The third kappa shape index (κ3) is 7.69. The van der Waals surface area contributed by atoms with Crippen LogP contribution in [0, 0.1) is 11.6 Å². The van der Waals surface area contributed by atoms with Gasteiger partial charge in [-0.2, -0.15) is 5.10 Å². The van der Waals surface area contributed by atoms with Crippen LogP contribution in [0.4, 0.5) is 31.8 Å². The van der Waals surface area contributed by atoms with Gasteiger partial charge in [-0.05, 0) is 86.7 Å². The Balaban J connectivity index is 0.777. The van der Waals surface area contributed by atoms with Gasteiger partial charge in [-0.3, -0.25) is 39.0 Å². The fourth-order valence-corrected chi connectivity index (χ4v) is 8.42. The van der Waals surface area contributed by atoms with Crippen LogP contribution in [0.1, 0.15) is 81.3 Å². The largest absolute Gasteiger partial charge is 0.376 e. The highest BCUT2D eigenvalue weighted by molar-refractivity contribution is 6.23. The van der Waals surface area contributed by atoms with Crippen LogP contribution >= 0.6 is 0 Å². The van der Waals surface area contributed by atoms with Crippen molar-refractivity contribution in [1.29, 1.82) is 0 Å². The van der Waals surface area contributed by atoms with Crippen molar-refractivity contribution in [3.05, 3.63) is 107 Å². The Labute approximate surface area is 346 Å². The van der Waals surface area contributed by atoms with Crippen molar-refractivity contribution in [3.63, 3.8) is 0 Å². The van der Waals surface area contributed by atoms with E-state index in [-0.39, 0.29) is 53.7 Å². The van der Waals surface area contributed by atoms with Crippen molar-refractivity contribution < 1.29 is 37.5 Å². The third-order valence-electron chi connectivity index (χ3n) is 11.5. The van der Waals surface area contributed by atoms with Crippen LogP contribution in [0.3, 0.4) is 0 Å². The van der Waals surface area contributed by atoms with E-state index in [9.17, 15) is 37.5 Å². The molecule has 7 heterocycles. The average Bonchev–Trinajstić information content (AvgIpc) is 3.97. The Morgan fingerprint density at radius 3 is 2.49 bits per heavy atom. The Hall–Kier alpha value is -7.31. The van der Waals surface area contributed by atoms with Crippen molar-refractivity contribution >= 4 is 64.1 Å². The molecule has 4 N–H and O–H groups in total. The lowest BCUT2D eigenvalue weighted by molar-refractivity contribution is -0.136. The van der Waals surface area contributed by atoms with E-state index in [2.05, 4.69) is 31.3 Å². The molecular formula is C42H39F2N11O6. The zero-order valence-corrected chi connectivity index (χ0v) is 32.6. The number of amides is 6. The summed E-state index contributed by atoms with van der Waals surface area (Å²) >= 11 is 0. The standard InChI is InChI=1S/C42H39F2N11O6/c43-23-6-9-29(44)28(19-23)32-4-2-15-53(32)35-14-18-54-38(50-35)31(21-46-54)49-39(58)30-3-1-5-34(48-30)47-24-12-16-52(17-13-24)37(57)22-45-25-7-8-26-27(20-25)42(61)55(41(26)60)33-10-11-36(56)51-40(33)59/h1,3,5-9,14,18-21,24,32-33,45H,2,4,10-13,15-17,22H2,(H,47,48)(H,49,58)(H,51,56,59). The number of carbonyl (C=O) groups excluding carboxylic acids is 6. The van der Waals surface area contributed by atoms with E-state index in [4.69, 9.17) is 4.98 Å². The molecule has 0 aliphatic carbocycles. The second-order valence-corrected chi connectivity index (χ2v) is 15.4. The quantitative estimate of drug-likeness (QED) is 0.148. The van der Waals surface area contributed by atoms with Gasteiger partial charge in [0.05, 0.1) is 29.9 Å². The van der Waals surface area contributed by atoms with Crippen molar-refractivity contribution in [1.82, 2.24) is 34.7 Å². The molecule has 19 heteroatoms. The highest BCUT2D eigenvalue weighted by Crippen LogP contribution is 2.37. The van der Waals surface area contributed by atoms with E-state index in [0.717, 1.165) is 23.5 Å². The van der Waals surface area contributed by atoms with Gasteiger partial charge < -0.3 is 25.8 Å². The average molecular weight is 832 g/mol. The number of piperidine rings is 2. The van der Waals surface area contributed by atoms with Gasteiger partial charge in [-0.1, -0.05) is 6.07 Å². The van der Waals surface area contributed by atoms with Gasteiger partial charge in [0.15, 0.2) is 5.65 Å². The van der Waals surface area contributed by atoms with E-state index in [0.29, 0.717) is 67.6 Å². The number of imide groups is 2. The number of nitrogens with zero attached hydrogens (tertiary/aromatic N) is 7. The van der Waals surface area contributed by atoms with Gasteiger partial charge >= 0.3 is 0 Å². The molecule has 9 rings (SSSR count). The molecule has 3 aromatic heterocycles. The number of nitrogens with one attached hydrogen (secondary N) is 4. The summed E-state index contributed by atoms with van der Waals surface area (Å²) in [6, 6.07) is 13.3. The molecule has 4 aliphatic heterocycles. The van der Waals surface area contributed by atoms with Gasteiger partial charge in [0.1, 0.15) is 40.7 Å². The highest BCUT2D eigenvalue weighted by atomic mass is 19.1. The molecule has 2 unspecified atom stereocenters. The normalized spacial score (nSPS) is 19.3. The van der Waals surface area contributed by atoms with Crippen LogP contribution in [0.2, 0.25) is 0 Å². The summed E-state index contributed by atoms with van der Waals surface area (Å²) in [5.74, 6) is -2.97. The molecule has 0 saturated carbocycles. The number of hydrogen-bond donors (Lipinski definition) is 4.